The van der Waals surface area contributed by atoms with E-state index in [4.69, 9.17) is 9.84 Å². The number of hydrogen-bond acceptors (Lipinski definition) is 7. The molecule has 0 radical (unpaired) electrons. The minimum atomic E-state index is 0.0563. The Bertz CT molecular complexity index is 446. The Hall–Kier alpha value is -0.960. The van der Waals surface area contributed by atoms with Gasteiger partial charge in [-0.05, 0) is 21.9 Å². The molecule has 0 fully saturated rings. The predicted octanol–water partition coefficient (Wildman–Crippen LogP) is 0.884. The van der Waals surface area contributed by atoms with E-state index in [0.29, 0.717) is 19.8 Å². The second-order valence-electron chi connectivity index (χ2n) is 3.38. The van der Waals surface area contributed by atoms with Gasteiger partial charge in [-0.25, -0.2) is 4.68 Å². The normalized spacial score (nSPS) is 10.9. The van der Waals surface area contributed by atoms with Crippen LogP contribution in [0.2, 0.25) is 0 Å². The van der Waals surface area contributed by atoms with Crippen molar-refractivity contribution in [1.82, 2.24) is 20.2 Å². The number of thioether (sulfide) groups is 1. The molecule has 0 aromatic carbocycles. The summed E-state index contributed by atoms with van der Waals surface area (Å²) in [5, 5.41) is 23.0. The fraction of sp³-hybridized carbons (Fsp3) is 0.500. The van der Waals surface area contributed by atoms with Crippen LogP contribution >= 0.6 is 23.1 Å². The molecule has 0 aliphatic carbocycles. The first-order valence-corrected chi connectivity index (χ1v) is 7.36. The van der Waals surface area contributed by atoms with E-state index < -0.39 is 0 Å². The van der Waals surface area contributed by atoms with Crippen molar-refractivity contribution in [3.63, 3.8) is 0 Å². The Morgan fingerprint density at radius 3 is 3.17 bits per heavy atom. The Morgan fingerprint density at radius 1 is 1.44 bits per heavy atom. The van der Waals surface area contributed by atoms with Crippen molar-refractivity contribution in [2.45, 2.75) is 11.7 Å². The average molecular weight is 286 g/mol. The zero-order chi connectivity index (χ0) is 12.6. The quantitative estimate of drug-likeness (QED) is 0.574. The third-order valence-corrected chi connectivity index (χ3v) is 3.86. The highest BCUT2D eigenvalue weighted by Gasteiger charge is 2.07. The Labute approximate surface area is 113 Å². The summed E-state index contributed by atoms with van der Waals surface area (Å²) < 4.78 is 6.96. The van der Waals surface area contributed by atoms with Crippen LogP contribution in [0.25, 0.3) is 0 Å². The maximum atomic E-state index is 8.57. The van der Waals surface area contributed by atoms with Crippen LogP contribution in [0.1, 0.15) is 4.88 Å². The van der Waals surface area contributed by atoms with Crippen LogP contribution in [-0.2, 0) is 11.3 Å². The van der Waals surface area contributed by atoms with Gasteiger partial charge in [-0.2, -0.15) is 0 Å². The standard InChI is InChI=1S/C10H14N4O2S2/c15-3-4-16-5-7-18-10-11-12-13-14(10)8-9-2-1-6-17-9/h1-2,6,15H,3-5,7-8H2. The van der Waals surface area contributed by atoms with Crippen LogP contribution in [0, 0.1) is 0 Å². The van der Waals surface area contributed by atoms with Crippen LogP contribution in [-0.4, -0.2) is 50.9 Å². The number of nitrogens with zero attached hydrogens (tertiary/aromatic N) is 4. The van der Waals surface area contributed by atoms with Crippen LogP contribution in [0.5, 0.6) is 0 Å². The van der Waals surface area contributed by atoms with Crippen molar-refractivity contribution in [3.05, 3.63) is 22.4 Å². The Kier molecular flexibility index (Phi) is 5.59. The van der Waals surface area contributed by atoms with E-state index in [9.17, 15) is 0 Å². The van der Waals surface area contributed by atoms with Crippen molar-refractivity contribution in [2.75, 3.05) is 25.6 Å². The molecule has 0 spiro atoms. The number of aliphatic hydroxyl groups is 1. The largest absolute Gasteiger partial charge is 0.394 e. The number of thiophene rings is 1. The van der Waals surface area contributed by atoms with Gasteiger partial charge in [-0.1, -0.05) is 17.8 Å². The lowest BCUT2D eigenvalue weighted by atomic mass is 10.5. The summed E-state index contributed by atoms with van der Waals surface area (Å²) in [6, 6.07) is 4.07. The lowest BCUT2D eigenvalue weighted by Crippen LogP contribution is -2.05. The fourth-order valence-corrected chi connectivity index (χ4v) is 2.72. The van der Waals surface area contributed by atoms with Crippen LogP contribution in [0.15, 0.2) is 22.7 Å². The minimum Gasteiger partial charge on any atom is -0.394 e. The zero-order valence-corrected chi connectivity index (χ0v) is 11.4. The van der Waals surface area contributed by atoms with Crippen molar-refractivity contribution in [3.8, 4) is 0 Å². The molecule has 0 aliphatic heterocycles. The number of hydrogen-bond donors (Lipinski definition) is 1. The van der Waals surface area contributed by atoms with Crippen LogP contribution < -0.4 is 0 Å². The maximum Gasteiger partial charge on any atom is 0.209 e. The Morgan fingerprint density at radius 2 is 2.39 bits per heavy atom. The van der Waals surface area contributed by atoms with Crippen molar-refractivity contribution < 1.29 is 9.84 Å². The molecule has 1 N–H and O–H groups in total. The highest BCUT2D eigenvalue weighted by Crippen LogP contribution is 2.16. The molecular weight excluding hydrogens is 272 g/mol. The molecule has 6 nitrogen and oxygen atoms in total. The second kappa shape index (κ2) is 7.47. The number of aromatic nitrogens is 4. The summed E-state index contributed by atoms with van der Waals surface area (Å²) >= 11 is 3.24. The fourth-order valence-electron chi connectivity index (χ4n) is 1.31. The highest BCUT2D eigenvalue weighted by atomic mass is 32.2. The van der Waals surface area contributed by atoms with Crippen molar-refractivity contribution in [2.24, 2.45) is 0 Å². The molecule has 2 heterocycles. The number of tetrazole rings is 1. The molecule has 2 rings (SSSR count). The SMILES string of the molecule is OCCOCCSc1nnnn1Cc1cccs1. The van der Waals surface area contributed by atoms with Gasteiger partial charge in [0.1, 0.15) is 0 Å². The molecule has 0 aliphatic rings. The van der Waals surface area contributed by atoms with Gasteiger partial charge in [-0.3, -0.25) is 0 Å². The van der Waals surface area contributed by atoms with Gasteiger partial charge in [0.25, 0.3) is 0 Å². The summed E-state index contributed by atoms with van der Waals surface area (Å²) in [4.78, 5) is 1.22. The first kappa shape index (κ1) is 13.5. The summed E-state index contributed by atoms with van der Waals surface area (Å²) in [6.07, 6.45) is 0. The second-order valence-corrected chi connectivity index (χ2v) is 5.48. The molecule has 18 heavy (non-hydrogen) atoms. The minimum absolute atomic E-state index is 0.0563. The summed E-state index contributed by atoms with van der Waals surface area (Å²) in [5.41, 5.74) is 0. The van der Waals surface area contributed by atoms with Crippen molar-refractivity contribution in [1.29, 1.82) is 0 Å². The molecule has 2 aromatic heterocycles. The summed E-state index contributed by atoms with van der Waals surface area (Å²) in [6.45, 7) is 1.71. The molecular formula is C10H14N4O2S2. The van der Waals surface area contributed by atoms with E-state index in [0.717, 1.165) is 10.9 Å². The first-order chi connectivity index (χ1) is 8.90. The third-order valence-electron chi connectivity index (χ3n) is 2.08. The number of rotatable bonds is 8. The molecule has 0 saturated heterocycles. The summed E-state index contributed by atoms with van der Waals surface area (Å²) in [5.74, 6) is 0.769. The van der Waals surface area contributed by atoms with E-state index >= 15 is 0 Å². The lowest BCUT2D eigenvalue weighted by Gasteiger charge is -2.03. The Balaban J connectivity index is 1.80. The molecule has 8 heteroatoms. The molecule has 0 amide bonds. The molecule has 0 atom stereocenters. The third kappa shape index (κ3) is 4.05. The molecule has 0 saturated carbocycles. The van der Waals surface area contributed by atoms with E-state index in [1.54, 1.807) is 27.8 Å². The number of aliphatic hydroxyl groups excluding tert-OH is 1. The molecule has 2 aromatic rings. The van der Waals surface area contributed by atoms with Gasteiger partial charge < -0.3 is 9.84 Å². The lowest BCUT2D eigenvalue weighted by molar-refractivity contribution is 0.103. The molecule has 98 valence electrons. The van der Waals surface area contributed by atoms with Gasteiger partial charge in [0.05, 0.1) is 26.4 Å². The van der Waals surface area contributed by atoms with E-state index in [1.807, 2.05) is 11.4 Å². The smallest absolute Gasteiger partial charge is 0.209 e. The van der Waals surface area contributed by atoms with E-state index in [-0.39, 0.29) is 6.61 Å². The molecule has 0 bridgehead atoms. The van der Waals surface area contributed by atoms with E-state index in [2.05, 4.69) is 21.6 Å². The van der Waals surface area contributed by atoms with Crippen LogP contribution in [0.3, 0.4) is 0 Å². The highest BCUT2D eigenvalue weighted by molar-refractivity contribution is 7.99. The van der Waals surface area contributed by atoms with Gasteiger partial charge >= 0.3 is 0 Å². The van der Waals surface area contributed by atoms with Gasteiger partial charge in [0, 0.05) is 10.6 Å². The molecule has 0 unspecified atom stereocenters. The number of ether oxygens (including phenoxy) is 1. The zero-order valence-electron chi connectivity index (χ0n) is 9.73. The maximum absolute atomic E-state index is 8.57. The summed E-state index contributed by atoms with van der Waals surface area (Å²) in [7, 11) is 0. The van der Waals surface area contributed by atoms with Crippen LogP contribution in [0.4, 0.5) is 0 Å². The predicted molar refractivity (Wildman–Crippen MR) is 69.9 cm³/mol. The van der Waals surface area contributed by atoms with Crippen molar-refractivity contribution >= 4 is 23.1 Å². The monoisotopic (exact) mass is 286 g/mol. The first-order valence-electron chi connectivity index (χ1n) is 5.50. The van der Waals surface area contributed by atoms with Gasteiger partial charge in [-0.15, -0.1) is 16.4 Å². The van der Waals surface area contributed by atoms with E-state index in [1.165, 1.54) is 4.88 Å². The van der Waals surface area contributed by atoms with Gasteiger partial charge in [0.15, 0.2) is 0 Å². The average Bonchev–Trinajstić information content (AvgIpc) is 3.02. The topological polar surface area (TPSA) is 73.1 Å². The van der Waals surface area contributed by atoms with Gasteiger partial charge in [0.2, 0.25) is 5.16 Å².